The second-order valence-corrected chi connectivity index (χ2v) is 8.39. The summed E-state index contributed by atoms with van der Waals surface area (Å²) in [5, 5.41) is -0.441. The Morgan fingerprint density at radius 3 is 2.41 bits per heavy atom. The third kappa shape index (κ3) is 6.52. The van der Waals surface area contributed by atoms with E-state index in [0.717, 1.165) is 15.9 Å². The molecule has 1 heterocycles. The molecule has 1 aromatic rings. The first kappa shape index (κ1) is 26.3. The van der Waals surface area contributed by atoms with Crippen LogP contribution in [0, 0.1) is 0 Å². The summed E-state index contributed by atoms with van der Waals surface area (Å²) in [5.74, 6) is -0.994. The maximum absolute atomic E-state index is 13.1. The average molecular weight is 500 g/mol. The minimum absolute atomic E-state index is 0.0269. The molecule has 178 valence electrons. The molecule has 1 aromatic carbocycles. The van der Waals surface area contributed by atoms with Gasteiger partial charge in [0.25, 0.3) is 0 Å². The number of carbonyl (C=O) groups excluding carboxylic acids is 3. The van der Waals surface area contributed by atoms with Crippen LogP contribution in [0.4, 0.5) is 13.2 Å². The second kappa shape index (κ2) is 10.8. The Hall–Kier alpha value is -1.98. The van der Waals surface area contributed by atoms with Crippen molar-refractivity contribution in [3.63, 3.8) is 0 Å². The number of amides is 3. The van der Waals surface area contributed by atoms with Crippen LogP contribution in [0.2, 0.25) is 5.02 Å². The molecule has 0 bridgehead atoms. The topological polar surface area (TPSA) is 111 Å². The highest BCUT2D eigenvalue weighted by molar-refractivity contribution is 7.39. The molecule has 3 amide bonds. The number of carbonyl (C=O) groups is 3. The molecule has 1 aliphatic heterocycles. The fraction of sp³-hybridized carbons (Fsp3) is 0.500. The van der Waals surface area contributed by atoms with Crippen molar-refractivity contribution in [3.05, 3.63) is 33.8 Å². The Bertz CT molecular complexity index is 873. The van der Waals surface area contributed by atoms with Gasteiger partial charge in [0.2, 0.25) is 18.2 Å². The van der Waals surface area contributed by atoms with Crippen LogP contribution < -0.4 is 0 Å². The Morgan fingerprint density at radius 2 is 1.88 bits per heavy atom. The number of likely N-dealkylation sites (N-methyl/N-ethyl adjacent to an activating group) is 2. The predicted molar refractivity (Wildman–Crippen MR) is 108 cm³/mol. The minimum Gasteiger partial charge on any atom is -0.336 e. The van der Waals surface area contributed by atoms with Crippen molar-refractivity contribution in [2.24, 2.45) is 0 Å². The number of alkyl halides is 3. The minimum atomic E-state index is -4.61. The Morgan fingerprint density at radius 1 is 1.28 bits per heavy atom. The van der Waals surface area contributed by atoms with Crippen molar-refractivity contribution in [2.45, 2.75) is 38.1 Å². The smallest absolute Gasteiger partial charge is 0.336 e. The van der Waals surface area contributed by atoms with Crippen LogP contribution in [-0.4, -0.2) is 69.6 Å². The zero-order chi connectivity index (χ0) is 24.2. The fourth-order valence-corrected chi connectivity index (χ4v) is 3.83. The van der Waals surface area contributed by atoms with Gasteiger partial charge < -0.3 is 24.5 Å². The van der Waals surface area contributed by atoms with Gasteiger partial charge in [0.05, 0.1) is 10.6 Å². The van der Waals surface area contributed by atoms with Crippen molar-refractivity contribution in [2.75, 3.05) is 20.8 Å². The normalized spacial score (nSPS) is 14.3. The molecule has 0 aromatic heterocycles. The number of halogens is 4. The summed E-state index contributed by atoms with van der Waals surface area (Å²) in [4.78, 5) is 57.5. The van der Waals surface area contributed by atoms with E-state index in [-0.39, 0.29) is 25.9 Å². The van der Waals surface area contributed by atoms with E-state index in [1.54, 1.807) is 0 Å². The molecule has 14 heteroatoms. The molecule has 0 fully saturated rings. The van der Waals surface area contributed by atoms with Crippen LogP contribution in [0.5, 0.6) is 0 Å². The molecule has 0 aliphatic carbocycles. The van der Waals surface area contributed by atoms with E-state index in [9.17, 15) is 27.6 Å². The van der Waals surface area contributed by atoms with Crippen LogP contribution in [0.3, 0.4) is 0 Å². The monoisotopic (exact) mass is 499 g/mol. The second-order valence-electron chi connectivity index (χ2n) is 7.22. The summed E-state index contributed by atoms with van der Waals surface area (Å²) in [5.41, 5.74) is -0.116. The summed E-state index contributed by atoms with van der Waals surface area (Å²) < 4.78 is 43.8. The highest BCUT2D eigenvalue weighted by Gasteiger charge is 2.36. The summed E-state index contributed by atoms with van der Waals surface area (Å²) >= 11 is 5.74. The molecule has 0 radical (unpaired) electrons. The third-order valence-corrected chi connectivity index (χ3v) is 5.65. The van der Waals surface area contributed by atoms with Crippen molar-refractivity contribution in [3.8, 4) is 0 Å². The maximum atomic E-state index is 13.1. The van der Waals surface area contributed by atoms with E-state index < -0.39 is 50.0 Å². The van der Waals surface area contributed by atoms with E-state index in [1.165, 1.54) is 25.1 Å². The van der Waals surface area contributed by atoms with Gasteiger partial charge in [-0.25, -0.2) is 0 Å². The molecule has 9 nitrogen and oxygen atoms in total. The number of rotatable bonds is 9. The van der Waals surface area contributed by atoms with Gasteiger partial charge in [0.15, 0.2) is 0 Å². The first-order valence-electron chi connectivity index (χ1n) is 9.24. The summed E-state index contributed by atoms with van der Waals surface area (Å²) in [7, 11) is 0.00735. The number of hydrogen-bond acceptors (Lipinski definition) is 6. The maximum Gasteiger partial charge on any atom is 0.417 e. The van der Waals surface area contributed by atoms with Gasteiger partial charge >= 0.3 is 14.8 Å². The van der Waals surface area contributed by atoms with Gasteiger partial charge in [0.1, 0.15) is 12.8 Å². The van der Waals surface area contributed by atoms with E-state index in [0.29, 0.717) is 17.5 Å². The molecular formula is C18H22ClF3N3O6P. The van der Waals surface area contributed by atoms with Crippen LogP contribution >= 0.6 is 20.2 Å². The van der Waals surface area contributed by atoms with Gasteiger partial charge in [-0.05, 0) is 29.7 Å². The number of hydrogen-bond donors (Lipinski definition) is 2. The molecule has 32 heavy (non-hydrogen) atoms. The van der Waals surface area contributed by atoms with E-state index in [2.05, 4.69) is 4.52 Å². The van der Waals surface area contributed by atoms with Gasteiger partial charge in [-0.2, -0.15) is 13.2 Å². The van der Waals surface area contributed by atoms with Crippen molar-refractivity contribution in [1.29, 1.82) is 0 Å². The molecule has 2 rings (SSSR count). The van der Waals surface area contributed by atoms with Crippen molar-refractivity contribution < 1.29 is 41.9 Å². The first-order valence-corrected chi connectivity index (χ1v) is 10.8. The molecule has 0 saturated carbocycles. The third-order valence-electron chi connectivity index (χ3n) is 4.99. The fourth-order valence-electron chi connectivity index (χ4n) is 3.26. The van der Waals surface area contributed by atoms with E-state index in [4.69, 9.17) is 21.4 Å². The van der Waals surface area contributed by atoms with E-state index in [1.807, 2.05) is 0 Å². The highest BCUT2D eigenvalue weighted by Crippen LogP contribution is 2.38. The Labute approximate surface area is 188 Å². The quantitative estimate of drug-likeness (QED) is 0.306. The standard InChI is InChI=1S/C18H22ClF3N3O6P/c1-23(9-26)15(17(28)24(2)10-31-32(29)30)3-4-16(27)25-7-11-5-13(18(20,21)22)14(19)6-12(11)8-25/h5-6,9,15,29-30H,3-4,7-8,10H2,1-2H3. The van der Waals surface area contributed by atoms with Crippen LogP contribution in [-0.2, 0) is 38.2 Å². The number of benzene rings is 1. The van der Waals surface area contributed by atoms with Gasteiger partial charge in [-0.3, -0.25) is 18.9 Å². The zero-order valence-electron chi connectivity index (χ0n) is 17.2. The van der Waals surface area contributed by atoms with Crippen molar-refractivity contribution in [1.82, 2.24) is 14.7 Å². The largest absolute Gasteiger partial charge is 0.417 e. The molecular weight excluding hydrogens is 478 g/mol. The van der Waals surface area contributed by atoms with Crippen LogP contribution in [0.15, 0.2) is 12.1 Å². The van der Waals surface area contributed by atoms with Gasteiger partial charge in [-0.15, -0.1) is 0 Å². The number of fused-ring (bicyclic) bond motifs is 1. The van der Waals surface area contributed by atoms with E-state index >= 15 is 0 Å². The molecule has 1 unspecified atom stereocenters. The summed E-state index contributed by atoms with van der Waals surface area (Å²) in [6, 6.07) is 1.11. The molecule has 1 aliphatic rings. The summed E-state index contributed by atoms with van der Waals surface area (Å²) in [6.45, 7) is -0.377. The van der Waals surface area contributed by atoms with Gasteiger partial charge in [-0.1, -0.05) is 11.6 Å². The highest BCUT2D eigenvalue weighted by atomic mass is 35.5. The first-order chi connectivity index (χ1) is 14.8. The Balaban J connectivity index is 2.04. The lowest BCUT2D eigenvalue weighted by atomic mass is 10.1. The lowest BCUT2D eigenvalue weighted by Gasteiger charge is -2.28. The van der Waals surface area contributed by atoms with Crippen LogP contribution in [0.1, 0.15) is 29.5 Å². The molecule has 1 atom stereocenters. The summed E-state index contributed by atoms with van der Waals surface area (Å²) in [6.07, 6.45) is -4.39. The average Bonchev–Trinajstić information content (AvgIpc) is 3.13. The van der Waals surface area contributed by atoms with Crippen LogP contribution in [0.25, 0.3) is 0 Å². The zero-order valence-corrected chi connectivity index (χ0v) is 18.8. The lowest BCUT2D eigenvalue weighted by Crippen LogP contribution is -2.46. The molecule has 2 N–H and O–H groups in total. The van der Waals surface area contributed by atoms with Crippen molar-refractivity contribution >= 4 is 38.4 Å². The molecule has 0 saturated heterocycles. The molecule has 0 spiro atoms. The van der Waals surface area contributed by atoms with Gasteiger partial charge in [0, 0.05) is 33.6 Å². The predicted octanol–water partition coefficient (Wildman–Crippen LogP) is 2.08. The SMILES string of the molecule is CN(COP(O)O)C(=O)C(CCC(=O)N1Cc2cc(Cl)c(C(F)(F)F)cc2C1)N(C)C=O. The Kier molecular flexibility index (Phi) is 8.83. The number of nitrogens with zero attached hydrogens (tertiary/aromatic N) is 3. The lowest BCUT2D eigenvalue weighted by molar-refractivity contribution is -0.142.